The fourth-order valence-electron chi connectivity index (χ4n) is 3.38. The zero-order chi connectivity index (χ0) is 15.4. The number of nitrogens with zero attached hydrogens (tertiary/aromatic N) is 1. The van der Waals surface area contributed by atoms with Gasteiger partial charge in [0, 0.05) is 19.0 Å². The Labute approximate surface area is 140 Å². The molecule has 124 valence electrons. The Morgan fingerprint density at radius 1 is 1.36 bits per heavy atom. The average Bonchev–Trinajstić information content (AvgIpc) is 2.47. The molecule has 1 saturated heterocycles. The van der Waals surface area contributed by atoms with Gasteiger partial charge in [-0.3, -0.25) is 4.79 Å². The molecule has 0 spiro atoms. The number of carbonyl (C=O) groups is 1. The second kappa shape index (κ2) is 8.54. The van der Waals surface area contributed by atoms with Gasteiger partial charge in [0.15, 0.2) is 0 Å². The zero-order valence-electron chi connectivity index (χ0n) is 14.1. The molecule has 3 atom stereocenters. The molecule has 1 aliphatic heterocycles. The topological polar surface area (TPSA) is 32.3 Å². The van der Waals surface area contributed by atoms with Crippen LogP contribution in [0.2, 0.25) is 0 Å². The SMILES string of the molecule is CNCC(C)C(=O)N1CCCC(C)C1c1ccc(C)cc1.Cl. The Balaban J connectivity index is 0.00000242. The molecule has 3 nitrogen and oxygen atoms in total. The molecule has 1 aromatic carbocycles. The number of hydrogen-bond donors (Lipinski definition) is 1. The third kappa shape index (κ3) is 4.23. The lowest BCUT2D eigenvalue weighted by atomic mass is 9.85. The highest BCUT2D eigenvalue weighted by atomic mass is 35.5. The van der Waals surface area contributed by atoms with Crippen molar-refractivity contribution in [1.29, 1.82) is 0 Å². The summed E-state index contributed by atoms with van der Waals surface area (Å²) < 4.78 is 0. The maximum atomic E-state index is 12.8. The molecule has 0 aromatic heterocycles. The van der Waals surface area contributed by atoms with Gasteiger partial charge in [0.25, 0.3) is 0 Å². The molecular formula is C18H29ClN2O. The summed E-state index contributed by atoms with van der Waals surface area (Å²) in [7, 11) is 1.90. The van der Waals surface area contributed by atoms with Gasteiger partial charge in [-0.1, -0.05) is 43.7 Å². The predicted octanol–water partition coefficient (Wildman–Crippen LogP) is 3.57. The van der Waals surface area contributed by atoms with Crippen molar-refractivity contribution in [1.82, 2.24) is 10.2 Å². The maximum absolute atomic E-state index is 12.8. The summed E-state index contributed by atoms with van der Waals surface area (Å²) in [6.45, 7) is 8.02. The lowest BCUT2D eigenvalue weighted by Crippen LogP contribution is -2.45. The molecule has 0 saturated carbocycles. The van der Waals surface area contributed by atoms with Gasteiger partial charge in [0.05, 0.1) is 6.04 Å². The van der Waals surface area contributed by atoms with E-state index in [-0.39, 0.29) is 30.3 Å². The van der Waals surface area contributed by atoms with Crippen LogP contribution in [-0.2, 0) is 4.79 Å². The summed E-state index contributed by atoms with van der Waals surface area (Å²) in [5.41, 5.74) is 2.54. The van der Waals surface area contributed by atoms with Crippen LogP contribution in [0.5, 0.6) is 0 Å². The highest BCUT2D eigenvalue weighted by Gasteiger charge is 2.34. The fraction of sp³-hybridized carbons (Fsp3) is 0.611. The van der Waals surface area contributed by atoms with E-state index in [2.05, 4.69) is 48.3 Å². The number of halogens is 1. The number of benzene rings is 1. The second-order valence-corrected chi connectivity index (χ2v) is 6.47. The number of rotatable bonds is 4. The number of hydrogen-bond acceptors (Lipinski definition) is 2. The zero-order valence-corrected chi connectivity index (χ0v) is 15.0. The highest BCUT2D eigenvalue weighted by molar-refractivity contribution is 5.85. The van der Waals surface area contributed by atoms with E-state index in [9.17, 15) is 4.79 Å². The van der Waals surface area contributed by atoms with Crippen molar-refractivity contribution in [2.75, 3.05) is 20.1 Å². The predicted molar refractivity (Wildman–Crippen MR) is 94.4 cm³/mol. The molecule has 2 rings (SSSR count). The van der Waals surface area contributed by atoms with E-state index in [0.717, 1.165) is 19.5 Å². The van der Waals surface area contributed by atoms with Crippen LogP contribution < -0.4 is 5.32 Å². The Morgan fingerprint density at radius 2 is 2.00 bits per heavy atom. The molecule has 1 heterocycles. The van der Waals surface area contributed by atoms with Crippen LogP contribution >= 0.6 is 12.4 Å². The summed E-state index contributed by atoms with van der Waals surface area (Å²) in [5, 5.41) is 3.11. The van der Waals surface area contributed by atoms with Crippen molar-refractivity contribution >= 4 is 18.3 Å². The van der Waals surface area contributed by atoms with Crippen LogP contribution in [0.3, 0.4) is 0 Å². The molecular weight excluding hydrogens is 296 g/mol. The molecule has 1 aliphatic rings. The normalized spacial score (nSPS) is 22.8. The minimum absolute atomic E-state index is 0. The summed E-state index contributed by atoms with van der Waals surface area (Å²) in [6.07, 6.45) is 2.31. The number of likely N-dealkylation sites (tertiary alicyclic amines) is 1. The molecule has 3 unspecified atom stereocenters. The first-order chi connectivity index (χ1) is 10.0. The van der Waals surface area contributed by atoms with Crippen LogP contribution in [0, 0.1) is 18.8 Å². The first kappa shape index (κ1) is 19.0. The van der Waals surface area contributed by atoms with E-state index in [1.165, 1.54) is 17.5 Å². The number of amides is 1. The van der Waals surface area contributed by atoms with E-state index in [1.54, 1.807) is 0 Å². The van der Waals surface area contributed by atoms with E-state index < -0.39 is 0 Å². The van der Waals surface area contributed by atoms with Gasteiger partial charge in [-0.15, -0.1) is 12.4 Å². The monoisotopic (exact) mass is 324 g/mol. The highest BCUT2D eigenvalue weighted by Crippen LogP contribution is 2.36. The van der Waals surface area contributed by atoms with Crippen molar-refractivity contribution in [3.05, 3.63) is 35.4 Å². The Bertz CT molecular complexity index is 474. The van der Waals surface area contributed by atoms with Gasteiger partial charge in [0.1, 0.15) is 0 Å². The minimum Gasteiger partial charge on any atom is -0.335 e. The number of piperidine rings is 1. The van der Waals surface area contributed by atoms with Crippen molar-refractivity contribution in [3.8, 4) is 0 Å². The Hall–Kier alpha value is -1.06. The minimum atomic E-state index is 0. The first-order valence-electron chi connectivity index (χ1n) is 8.06. The summed E-state index contributed by atoms with van der Waals surface area (Å²) >= 11 is 0. The number of nitrogens with one attached hydrogen (secondary N) is 1. The van der Waals surface area contributed by atoms with E-state index in [1.807, 2.05) is 14.0 Å². The van der Waals surface area contributed by atoms with Crippen LogP contribution in [0.4, 0.5) is 0 Å². The lowest BCUT2D eigenvalue weighted by molar-refractivity contribution is -0.140. The van der Waals surface area contributed by atoms with Crippen molar-refractivity contribution in [3.63, 3.8) is 0 Å². The fourth-order valence-corrected chi connectivity index (χ4v) is 3.38. The molecule has 0 radical (unpaired) electrons. The van der Waals surface area contributed by atoms with E-state index >= 15 is 0 Å². The van der Waals surface area contributed by atoms with Crippen molar-refractivity contribution in [2.24, 2.45) is 11.8 Å². The molecule has 1 aromatic rings. The number of aryl methyl sites for hydroxylation is 1. The van der Waals surface area contributed by atoms with Crippen LogP contribution in [-0.4, -0.2) is 30.9 Å². The smallest absolute Gasteiger partial charge is 0.227 e. The summed E-state index contributed by atoms with van der Waals surface area (Å²) in [6, 6.07) is 8.90. The van der Waals surface area contributed by atoms with E-state index in [4.69, 9.17) is 0 Å². The molecule has 4 heteroatoms. The molecule has 0 aliphatic carbocycles. The van der Waals surface area contributed by atoms with Gasteiger partial charge in [-0.2, -0.15) is 0 Å². The van der Waals surface area contributed by atoms with Crippen molar-refractivity contribution < 1.29 is 4.79 Å². The van der Waals surface area contributed by atoms with E-state index in [0.29, 0.717) is 5.92 Å². The van der Waals surface area contributed by atoms with Crippen LogP contribution in [0.25, 0.3) is 0 Å². The van der Waals surface area contributed by atoms with Crippen molar-refractivity contribution in [2.45, 2.75) is 39.7 Å². The average molecular weight is 325 g/mol. The molecule has 1 amide bonds. The van der Waals surface area contributed by atoms with Crippen LogP contribution in [0.1, 0.15) is 43.9 Å². The van der Waals surface area contributed by atoms with Gasteiger partial charge >= 0.3 is 0 Å². The first-order valence-corrected chi connectivity index (χ1v) is 8.06. The van der Waals surface area contributed by atoms with Gasteiger partial charge in [-0.25, -0.2) is 0 Å². The van der Waals surface area contributed by atoms with Gasteiger partial charge < -0.3 is 10.2 Å². The molecule has 1 fully saturated rings. The maximum Gasteiger partial charge on any atom is 0.227 e. The number of carbonyl (C=O) groups excluding carboxylic acids is 1. The second-order valence-electron chi connectivity index (χ2n) is 6.47. The van der Waals surface area contributed by atoms with Gasteiger partial charge in [-0.05, 0) is 38.3 Å². The summed E-state index contributed by atoms with van der Waals surface area (Å²) in [5.74, 6) is 0.835. The van der Waals surface area contributed by atoms with Gasteiger partial charge in [0.2, 0.25) is 5.91 Å². The Kier molecular flexibility index (Phi) is 7.37. The summed E-state index contributed by atoms with van der Waals surface area (Å²) in [4.78, 5) is 14.9. The Morgan fingerprint density at radius 3 is 2.59 bits per heavy atom. The third-order valence-electron chi connectivity index (χ3n) is 4.57. The third-order valence-corrected chi connectivity index (χ3v) is 4.57. The lowest BCUT2D eigenvalue weighted by Gasteiger charge is -2.41. The quantitative estimate of drug-likeness (QED) is 0.918. The standard InChI is InChI=1S/C18H28N2O.ClH/c1-13-7-9-16(10-8-13)17-14(2)6-5-11-20(17)18(21)15(3)12-19-4;/h7-10,14-15,17,19H,5-6,11-12H2,1-4H3;1H. The molecule has 22 heavy (non-hydrogen) atoms. The largest absolute Gasteiger partial charge is 0.335 e. The molecule has 1 N–H and O–H groups in total. The molecule has 0 bridgehead atoms. The van der Waals surface area contributed by atoms with Crippen LogP contribution in [0.15, 0.2) is 24.3 Å².